The van der Waals surface area contributed by atoms with E-state index in [4.69, 9.17) is 29.2 Å². The lowest BCUT2D eigenvalue weighted by atomic mass is 9.82. The highest BCUT2D eigenvalue weighted by molar-refractivity contribution is 5.88. The minimum Gasteiger partial charge on any atom is -0.457 e. The van der Waals surface area contributed by atoms with Crippen LogP contribution < -0.4 is 24.0 Å². The second kappa shape index (κ2) is 15.4. The number of ether oxygens (including phenoxy) is 3. The predicted molar refractivity (Wildman–Crippen MR) is 260 cm³/mol. The van der Waals surface area contributed by atoms with Gasteiger partial charge in [0.15, 0.2) is 40.5 Å². The minimum absolute atomic E-state index is 0.0116. The van der Waals surface area contributed by atoms with E-state index in [1.807, 2.05) is 97.1 Å². The standard InChI is InChI=1S/C58H37N5O3/c1-7-19-49-43(13-1)55(44-14-2-8-20-50(44)64-49)37-25-27-38(28-26-37)56-59-57(39-29-33-41(34-30-39)62-45-15-3-9-21-51(45)65-52-22-10-4-16-46(52)62)61-58(60-56)40-31-35-42(36-32-40)63-47-17-5-11-23-53(47)66-54-24-12-6-18-48(54)63/h1-36,55H. The number of hydrogen-bond donors (Lipinski definition) is 0. The molecule has 0 atom stereocenters. The third-order valence-corrected chi connectivity index (χ3v) is 12.4. The van der Waals surface area contributed by atoms with Crippen LogP contribution in [-0.2, 0) is 0 Å². The zero-order valence-corrected chi connectivity index (χ0v) is 35.3. The van der Waals surface area contributed by atoms with Crippen molar-refractivity contribution >= 4 is 34.1 Å². The molecule has 312 valence electrons. The quantitative estimate of drug-likeness (QED) is 0.164. The molecule has 0 aliphatic carbocycles. The molecule has 8 heteroatoms. The molecule has 0 amide bonds. The van der Waals surface area contributed by atoms with Crippen molar-refractivity contribution in [2.24, 2.45) is 0 Å². The van der Waals surface area contributed by atoms with Crippen molar-refractivity contribution in [1.29, 1.82) is 0 Å². The first-order valence-electron chi connectivity index (χ1n) is 22.0. The van der Waals surface area contributed by atoms with E-state index in [-0.39, 0.29) is 5.92 Å². The van der Waals surface area contributed by atoms with Crippen LogP contribution in [0.25, 0.3) is 34.2 Å². The molecule has 13 rings (SSSR count). The number of nitrogens with zero attached hydrogens (tertiary/aromatic N) is 5. The molecule has 3 aliphatic heterocycles. The van der Waals surface area contributed by atoms with E-state index >= 15 is 0 Å². The van der Waals surface area contributed by atoms with Gasteiger partial charge in [-0.3, -0.25) is 0 Å². The summed E-state index contributed by atoms with van der Waals surface area (Å²) in [6.45, 7) is 0. The van der Waals surface area contributed by atoms with E-state index in [2.05, 4.69) is 131 Å². The second-order valence-electron chi connectivity index (χ2n) is 16.4. The van der Waals surface area contributed by atoms with Crippen LogP contribution in [0.4, 0.5) is 34.1 Å². The van der Waals surface area contributed by atoms with E-state index in [0.29, 0.717) is 17.5 Å². The number of fused-ring (bicyclic) bond motifs is 6. The van der Waals surface area contributed by atoms with Crippen LogP contribution in [0.15, 0.2) is 218 Å². The summed E-state index contributed by atoms with van der Waals surface area (Å²) in [5.41, 5.74) is 11.9. The molecule has 0 unspecified atom stereocenters. The number of benzene rings is 9. The minimum atomic E-state index is 0.0116. The van der Waals surface area contributed by atoms with Gasteiger partial charge in [-0.2, -0.15) is 0 Å². The average molecular weight is 852 g/mol. The Bertz CT molecular complexity index is 2970. The van der Waals surface area contributed by atoms with E-state index in [1.54, 1.807) is 0 Å². The summed E-state index contributed by atoms with van der Waals surface area (Å²) in [6.07, 6.45) is 0. The van der Waals surface area contributed by atoms with Gasteiger partial charge in [-0.05, 0) is 115 Å². The zero-order valence-electron chi connectivity index (χ0n) is 35.3. The van der Waals surface area contributed by atoms with Gasteiger partial charge < -0.3 is 24.0 Å². The smallest absolute Gasteiger partial charge is 0.164 e. The van der Waals surface area contributed by atoms with E-state index < -0.39 is 0 Å². The first kappa shape index (κ1) is 37.5. The van der Waals surface area contributed by atoms with Crippen LogP contribution >= 0.6 is 0 Å². The molecule has 0 N–H and O–H groups in total. The molecule has 66 heavy (non-hydrogen) atoms. The first-order chi connectivity index (χ1) is 32.7. The summed E-state index contributed by atoms with van der Waals surface area (Å²) in [4.78, 5) is 20.0. The normalized spacial score (nSPS) is 13.1. The Hall–Kier alpha value is -9.01. The number of anilines is 6. The van der Waals surface area contributed by atoms with Gasteiger partial charge in [0.1, 0.15) is 11.5 Å². The molecule has 1 aromatic heterocycles. The van der Waals surface area contributed by atoms with Gasteiger partial charge in [-0.25, -0.2) is 15.0 Å². The first-order valence-corrected chi connectivity index (χ1v) is 22.0. The Labute approximate surface area is 381 Å². The lowest BCUT2D eigenvalue weighted by molar-refractivity contribution is 0.453. The number of rotatable bonds is 6. The van der Waals surface area contributed by atoms with Crippen molar-refractivity contribution in [3.63, 3.8) is 0 Å². The Kier molecular flexibility index (Phi) is 8.74. The largest absolute Gasteiger partial charge is 0.457 e. The maximum atomic E-state index is 6.34. The molecule has 0 radical (unpaired) electrons. The molecule has 8 nitrogen and oxygen atoms in total. The predicted octanol–water partition coefficient (Wildman–Crippen LogP) is 15.3. The molecule has 3 aliphatic rings. The number of aromatic nitrogens is 3. The van der Waals surface area contributed by atoms with Crippen LogP contribution in [0.2, 0.25) is 0 Å². The molecule has 0 saturated heterocycles. The van der Waals surface area contributed by atoms with Crippen molar-refractivity contribution in [2.75, 3.05) is 9.80 Å². The third kappa shape index (κ3) is 6.34. The van der Waals surface area contributed by atoms with Crippen molar-refractivity contribution in [3.8, 4) is 68.7 Å². The fourth-order valence-corrected chi connectivity index (χ4v) is 9.34. The summed E-state index contributed by atoms with van der Waals surface area (Å²) >= 11 is 0. The Balaban J connectivity index is 0.901. The summed E-state index contributed by atoms with van der Waals surface area (Å²) in [6, 6.07) is 74.4. The molecule has 0 saturated carbocycles. The van der Waals surface area contributed by atoms with E-state index in [9.17, 15) is 0 Å². The molecular weight excluding hydrogens is 815 g/mol. The highest BCUT2D eigenvalue weighted by atomic mass is 16.5. The number of para-hydroxylation sites is 10. The molecule has 4 heterocycles. The van der Waals surface area contributed by atoms with Crippen LogP contribution in [0.3, 0.4) is 0 Å². The summed E-state index contributed by atoms with van der Waals surface area (Å²) < 4.78 is 18.9. The highest BCUT2D eigenvalue weighted by Crippen LogP contribution is 2.52. The Morgan fingerprint density at radius 2 is 0.576 bits per heavy atom. The maximum Gasteiger partial charge on any atom is 0.164 e. The van der Waals surface area contributed by atoms with Crippen molar-refractivity contribution in [2.45, 2.75) is 5.92 Å². The van der Waals surface area contributed by atoms with Crippen LogP contribution in [0.5, 0.6) is 34.5 Å². The summed E-state index contributed by atoms with van der Waals surface area (Å²) in [5.74, 6) is 6.69. The van der Waals surface area contributed by atoms with Crippen LogP contribution in [0.1, 0.15) is 22.6 Å². The third-order valence-electron chi connectivity index (χ3n) is 12.4. The van der Waals surface area contributed by atoms with Gasteiger partial charge in [-0.1, -0.05) is 109 Å². The molecule has 0 bridgehead atoms. The zero-order chi connectivity index (χ0) is 43.6. The van der Waals surface area contributed by atoms with Gasteiger partial charge in [-0.15, -0.1) is 0 Å². The molecule has 10 aromatic rings. The van der Waals surface area contributed by atoms with Crippen molar-refractivity contribution in [1.82, 2.24) is 15.0 Å². The highest BCUT2D eigenvalue weighted by Gasteiger charge is 2.30. The summed E-state index contributed by atoms with van der Waals surface area (Å²) in [5, 5.41) is 0. The van der Waals surface area contributed by atoms with Gasteiger partial charge in [0.2, 0.25) is 0 Å². The maximum absolute atomic E-state index is 6.34. The van der Waals surface area contributed by atoms with E-state index in [0.717, 1.165) is 102 Å². The Morgan fingerprint density at radius 1 is 0.288 bits per heavy atom. The molecule has 0 fully saturated rings. The van der Waals surface area contributed by atoms with Gasteiger partial charge in [0.05, 0.1) is 22.7 Å². The molecule has 0 spiro atoms. The van der Waals surface area contributed by atoms with Crippen molar-refractivity contribution < 1.29 is 14.2 Å². The van der Waals surface area contributed by atoms with Crippen molar-refractivity contribution in [3.05, 3.63) is 235 Å². The fourth-order valence-electron chi connectivity index (χ4n) is 9.34. The molecule has 9 aromatic carbocycles. The monoisotopic (exact) mass is 851 g/mol. The van der Waals surface area contributed by atoms with Crippen LogP contribution in [-0.4, -0.2) is 15.0 Å². The number of hydrogen-bond acceptors (Lipinski definition) is 8. The van der Waals surface area contributed by atoms with Gasteiger partial charge >= 0.3 is 0 Å². The topological polar surface area (TPSA) is 72.8 Å². The Morgan fingerprint density at radius 3 is 0.939 bits per heavy atom. The van der Waals surface area contributed by atoms with E-state index in [1.165, 1.54) is 0 Å². The van der Waals surface area contributed by atoms with Crippen LogP contribution in [0, 0.1) is 0 Å². The second-order valence-corrected chi connectivity index (χ2v) is 16.4. The SMILES string of the molecule is c1ccc2c(c1)Oc1ccccc1C2c1ccc(-c2nc(-c3ccc(N4c5ccccc5Oc5ccccc54)cc3)nc(-c3ccc(N4c5ccccc5Oc5ccccc54)cc3)n2)cc1. The lowest BCUT2D eigenvalue weighted by Gasteiger charge is -2.32. The fraction of sp³-hybridized carbons (Fsp3) is 0.0172. The lowest BCUT2D eigenvalue weighted by Crippen LogP contribution is -2.15. The average Bonchev–Trinajstić information content (AvgIpc) is 3.39. The summed E-state index contributed by atoms with van der Waals surface area (Å²) in [7, 11) is 0. The molecular formula is C58H37N5O3. The van der Waals surface area contributed by atoms with Gasteiger partial charge in [0, 0.05) is 45.1 Å². The van der Waals surface area contributed by atoms with Gasteiger partial charge in [0.25, 0.3) is 0 Å².